The summed E-state index contributed by atoms with van der Waals surface area (Å²) in [5.41, 5.74) is 0.939. The Kier molecular flexibility index (Phi) is 6.06. The summed E-state index contributed by atoms with van der Waals surface area (Å²) in [4.78, 5) is 14.5. The lowest BCUT2D eigenvalue weighted by Gasteiger charge is -2.26. The lowest BCUT2D eigenvalue weighted by atomic mass is 10.0. The van der Waals surface area contributed by atoms with E-state index in [9.17, 15) is 9.18 Å². The third-order valence-corrected chi connectivity index (χ3v) is 4.92. The molecule has 0 bridgehead atoms. The molecular formula is C20H21ClFNO4. The van der Waals surface area contributed by atoms with Gasteiger partial charge in [0.05, 0.1) is 25.3 Å². The number of hydrogen-bond acceptors (Lipinski definition) is 4. The van der Waals surface area contributed by atoms with E-state index in [0.29, 0.717) is 23.8 Å². The van der Waals surface area contributed by atoms with E-state index in [0.717, 1.165) is 18.4 Å². The predicted molar refractivity (Wildman–Crippen MR) is 100 cm³/mol. The van der Waals surface area contributed by atoms with Gasteiger partial charge in [0, 0.05) is 24.2 Å². The number of amides is 1. The van der Waals surface area contributed by atoms with Crippen LogP contribution in [0.25, 0.3) is 0 Å². The Labute approximate surface area is 162 Å². The number of ether oxygens (including phenoxy) is 3. The van der Waals surface area contributed by atoms with E-state index in [4.69, 9.17) is 25.8 Å². The molecule has 144 valence electrons. The van der Waals surface area contributed by atoms with E-state index in [1.54, 1.807) is 19.1 Å². The number of methoxy groups -OCH3 is 2. The molecule has 1 aliphatic rings. The summed E-state index contributed by atoms with van der Waals surface area (Å²) in [7, 11) is 3.19. The van der Waals surface area contributed by atoms with E-state index in [2.05, 4.69) is 0 Å². The molecule has 1 atom stereocenters. The topological polar surface area (TPSA) is 48.0 Å². The van der Waals surface area contributed by atoms with Crippen LogP contribution in [0.15, 0.2) is 36.4 Å². The number of likely N-dealkylation sites (tertiary alicyclic amines) is 1. The van der Waals surface area contributed by atoms with Crippen molar-refractivity contribution in [1.29, 1.82) is 0 Å². The highest BCUT2D eigenvalue weighted by atomic mass is 35.5. The van der Waals surface area contributed by atoms with E-state index >= 15 is 0 Å². The minimum Gasteiger partial charge on any atom is -0.497 e. The molecule has 0 aliphatic carbocycles. The van der Waals surface area contributed by atoms with E-state index in [1.165, 1.54) is 18.2 Å². The third kappa shape index (κ3) is 4.27. The molecule has 1 heterocycles. The number of halogens is 2. The summed E-state index contributed by atoms with van der Waals surface area (Å²) in [6.45, 7) is 0.503. The number of hydrogen-bond donors (Lipinski definition) is 0. The smallest absolute Gasteiger partial charge is 0.261 e. The standard InChI is InChI=1S/C20H21ClFNO4/c1-25-13-5-7-15(19(11-13)26-2)18-4-3-9-23(18)20(24)12-27-14-6-8-17(22)16(21)10-14/h5-8,10-11,18H,3-4,9,12H2,1-2H3. The fourth-order valence-corrected chi connectivity index (χ4v) is 3.45. The van der Waals surface area contributed by atoms with Crippen LogP contribution in [0.1, 0.15) is 24.4 Å². The van der Waals surface area contributed by atoms with Gasteiger partial charge >= 0.3 is 0 Å². The minimum absolute atomic E-state index is 0.0398. The SMILES string of the molecule is COc1ccc(C2CCCN2C(=O)COc2ccc(F)c(Cl)c2)c(OC)c1. The van der Waals surface area contributed by atoms with Crippen molar-refractivity contribution < 1.29 is 23.4 Å². The van der Waals surface area contributed by atoms with Gasteiger partial charge in [0.1, 0.15) is 23.1 Å². The van der Waals surface area contributed by atoms with Crippen LogP contribution in [0.5, 0.6) is 17.2 Å². The average Bonchev–Trinajstić information content (AvgIpc) is 3.17. The van der Waals surface area contributed by atoms with Gasteiger partial charge in [-0.15, -0.1) is 0 Å². The van der Waals surface area contributed by atoms with Crippen LogP contribution in [0.4, 0.5) is 4.39 Å². The first-order valence-electron chi connectivity index (χ1n) is 8.62. The highest BCUT2D eigenvalue weighted by Crippen LogP contribution is 2.38. The molecular weight excluding hydrogens is 373 g/mol. The van der Waals surface area contributed by atoms with Crippen molar-refractivity contribution in [2.45, 2.75) is 18.9 Å². The quantitative estimate of drug-likeness (QED) is 0.736. The van der Waals surface area contributed by atoms with Crippen molar-refractivity contribution in [2.24, 2.45) is 0 Å². The number of nitrogens with zero attached hydrogens (tertiary/aromatic N) is 1. The van der Waals surface area contributed by atoms with Crippen molar-refractivity contribution in [1.82, 2.24) is 4.90 Å². The number of benzene rings is 2. The second-order valence-corrected chi connectivity index (χ2v) is 6.62. The zero-order chi connectivity index (χ0) is 19.4. The molecule has 0 radical (unpaired) electrons. The van der Waals surface area contributed by atoms with Gasteiger partial charge in [0.25, 0.3) is 5.91 Å². The summed E-state index contributed by atoms with van der Waals surface area (Å²) in [5.74, 6) is 1.07. The monoisotopic (exact) mass is 393 g/mol. The van der Waals surface area contributed by atoms with Gasteiger partial charge in [-0.05, 0) is 37.1 Å². The van der Waals surface area contributed by atoms with Crippen LogP contribution < -0.4 is 14.2 Å². The predicted octanol–water partition coefficient (Wildman–Crippen LogP) is 4.24. The van der Waals surface area contributed by atoms with Crippen LogP contribution in [-0.4, -0.2) is 38.2 Å². The second-order valence-electron chi connectivity index (χ2n) is 6.22. The van der Waals surface area contributed by atoms with Gasteiger partial charge in [-0.25, -0.2) is 4.39 Å². The molecule has 1 amide bonds. The fourth-order valence-electron chi connectivity index (χ4n) is 3.28. The van der Waals surface area contributed by atoms with Gasteiger partial charge < -0.3 is 19.1 Å². The third-order valence-electron chi connectivity index (χ3n) is 4.63. The zero-order valence-electron chi connectivity index (χ0n) is 15.2. The van der Waals surface area contributed by atoms with Crippen LogP contribution in [-0.2, 0) is 4.79 Å². The van der Waals surface area contributed by atoms with Crippen molar-refractivity contribution in [3.8, 4) is 17.2 Å². The molecule has 0 spiro atoms. The van der Waals surface area contributed by atoms with E-state index in [-0.39, 0.29) is 23.6 Å². The van der Waals surface area contributed by atoms with Crippen molar-refractivity contribution in [3.63, 3.8) is 0 Å². The molecule has 0 saturated carbocycles. The van der Waals surface area contributed by atoms with Crippen LogP contribution in [0, 0.1) is 5.82 Å². The molecule has 1 aliphatic heterocycles. The average molecular weight is 394 g/mol. The molecule has 27 heavy (non-hydrogen) atoms. The van der Waals surface area contributed by atoms with E-state index in [1.807, 2.05) is 18.2 Å². The van der Waals surface area contributed by atoms with Gasteiger partial charge in [-0.3, -0.25) is 4.79 Å². The summed E-state index contributed by atoms with van der Waals surface area (Å²) >= 11 is 5.74. The normalized spacial score (nSPS) is 16.3. The van der Waals surface area contributed by atoms with Crippen molar-refractivity contribution in [2.75, 3.05) is 27.4 Å². The summed E-state index contributed by atoms with van der Waals surface area (Å²) in [5, 5.41) is -0.0398. The lowest BCUT2D eigenvalue weighted by molar-refractivity contribution is -0.134. The lowest BCUT2D eigenvalue weighted by Crippen LogP contribution is -2.34. The molecule has 0 N–H and O–H groups in total. The maximum absolute atomic E-state index is 13.2. The summed E-state index contributed by atoms with van der Waals surface area (Å²) in [6.07, 6.45) is 1.74. The number of carbonyl (C=O) groups is 1. The first-order chi connectivity index (χ1) is 13.0. The maximum Gasteiger partial charge on any atom is 0.261 e. The first kappa shape index (κ1) is 19.3. The molecule has 1 fully saturated rings. The first-order valence-corrected chi connectivity index (χ1v) is 9.00. The Hall–Kier alpha value is -2.47. The Morgan fingerprint density at radius 1 is 1.19 bits per heavy atom. The van der Waals surface area contributed by atoms with Crippen LogP contribution in [0.2, 0.25) is 5.02 Å². The van der Waals surface area contributed by atoms with Gasteiger partial charge in [0.2, 0.25) is 0 Å². The zero-order valence-corrected chi connectivity index (χ0v) is 16.0. The van der Waals surface area contributed by atoms with Crippen LogP contribution in [0.3, 0.4) is 0 Å². The van der Waals surface area contributed by atoms with E-state index < -0.39 is 5.82 Å². The molecule has 3 rings (SSSR count). The molecule has 0 aromatic heterocycles. The molecule has 5 nitrogen and oxygen atoms in total. The van der Waals surface area contributed by atoms with Gasteiger partial charge in [0.15, 0.2) is 6.61 Å². The molecule has 1 unspecified atom stereocenters. The number of carbonyl (C=O) groups excluding carboxylic acids is 1. The van der Waals surface area contributed by atoms with Gasteiger partial charge in [-0.1, -0.05) is 11.6 Å². The highest BCUT2D eigenvalue weighted by molar-refractivity contribution is 6.30. The van der Waals surface area contributed by atoms with Crippen molar-refractivity contribution in [3.05, 3.63) is 52.8 Å². The summed E-state index contributed by atoms with van der Waals surface area (Å²) in [6, 6.07) is 9.53. The molecule has 7 heteroatoms. The fraction of sp³-hybridized carbons (Fsp3) is 0.350. The maximum atomic E-state index is 13.2. The van der Waals surface area contributed by atoms with Crippen molar-refractivity contribution >= 4 is 17.5 Å². The number of rotatable bonds is 6. The summed E-state index contributed by atoms with van der Waals surface area (Å²) < 4.78 is 29.4. The Balaban J connectivity index is 1.72. The highest BCUT2D eigenvalue weighted by Gasteiger charge is 2.32. The largest absolute Gasteiger partial charge is 0.497 e. The van der Waals surface area contributed by atoms with Crippen LogP contribution >= 0.6 is 11.6 Å². The Morgan fingerprint density at radius 2 is 1.96 bits per heavy atom. The minimum atomic E-state index is -0.526. The Morgan fingerprint density at radius 3 is 2.67 bits per heavy atom. The second kappa shape index (κ2) is 8.48. The molecule has 2 aromatic carbocycles. The van der Waals surface area contributed by atoms with Gasteiger partial charge in [-0.2, -0.15) is 0 Å². The molecule has 2 aromatic rings. The molecule has 1 saturated heterocycles. The Bertz CT molecular complexity index is 830.